The monoisotopic (exact) mass is 537 g/mol. The van der Waals surface area contributed by atoms with Gasteiger partial charge in [-0.15, -0.1) is 0 Å². The number of aromatic amines is 1. The first-order valence-corrected chi connectivity index (χ1v) is 14.0. The number of aromatic nitrogens is 4. The summed E-state index contributed by atoms with van der Waals surface area (Å²) < 4.78 is 8.58. The van der Waals surface area contributed by atoms with Gasteiger partial charge >= 0.3 is 0 Å². The van der Waals surface area contributed by atoms with Crippen LogP contribution in [0.4, 0.5) is 0 Å². The third-order valence-electron chi connectivity index (χ3n) is 9.46. The highest BCUT2D eigenvalue weighted by molar-refractivity contribution is 6.04. The van der Waals surface area contributed by atoms with Gasteiger partial charge in [-0.2, -0.15) is 10.4 Å². The minimum Gasteiger partial charge on any atom is -0.396 e. The molecule has 40 heavy (non-hydrogen) atoms. The molecule has 1 spiro atoms. The Morgan fingerprint density at radius 1 is 1.25 bits per heavy atom. The van der Waals surface area contributed by atoms with Crippen molar-refractivity contribution in [2.24, 2.45) is 18.6 Å². The van der Waals surface area contributed by atoms with Crippen molar-refractivity contribution >= 4 is 27.6 Å². The molecular weight excluding hydrogens is 502 g/mol. The summed E-state index contributed by atoms with van der Waals surface area (Å²) in [5.41, 5.74) is 13.9. The lowest BCUT2D eigenvalue weighted by molar-refractivity contribution is -0.106. The molecule has 5 N–H and O–H groups in total. The molecule has 0 bridgehead atoms. The minimum atomic E-state index is -0.402. The lowest BCUT2D eigenvalue weighted by Gasteiger charge is -2.53. The lowest BCUT2D eigenvalue weighted by Crippen LogP contribution is -2.58. The summed E-state index contributed by atoms with van der Waals surface area (Å²) in [6.45, 7) is 2.37. The first-order valence-electron chi connectivity index (χ1n) is 14.0. The van der Waals surface area contributed by atoms with Crippen LogP contribution in [-0.4, -0.2) is 55.3 Å². The summed E-state index contributed by atoms with van der Waals surface area (Å²) in [5.74, 6) is 5.97. The summed E-state index contributed by atoms with van der Waals surface area (Å²) in [4.78, 5) is 10.9. The fourth-order valence-corrected chi connectivity index (χ4v) is 7.29. The van der Waals surface area contributed by atoms with Crippen LogP contribution in [0.25, 0.3) is 38.8 Å². The second-order valence-corrected chi connectivity index (χ2v) is 11.7. The number of nitrogens with one attached hydrogen (secondary N) is 1. The molecule has 10 heteroatoms. The molecule has 5 heterocycles. The number of pyridine rings is 1. The van der Waals surface area contributed by atoms with Gasteiger partial charge in [0.1, 0.15) is 5.65 Å². The molecule has 2 fully saturated rings. The van der Waals surface area contributed by atoms with Crippen LogP contribution < -0.4 is 11.6 Å². The zero-order valence-electron chi connectivity index (χ0n) is 23.1. The van der Waals surface area contributed by atoms with Crippen LogP contribution in [0.2, 0.25) is 0 Å². The molecule has 1 saturated carbocycles. The summed E-state index contributed by atoms with van der Waals surface area (Å²) >= 11 is 0. The number of fused-ring (bicyclic) bond motifs is 5. The number of nitrogens with two attached hydrogens (primary N) is 2. The number of rotatable bonds is 5. The van der Waals surface area contributed by atoms with Gasteiger partial charge in [0.15, 0.2) is 0 Å². The van der Waals surface area contributed by atoms with Crippen molar-refractivity contribution < 1.29 is 4.74 Å². The van der Waals surface area contributed by atoms with E-state index in [0.717, 1.165) is 83.1 Å². The maximum absolute atomic E-state index is 9.52. The van der Waals surface area contributed by atoms with Crippen molar-refractivity contribution in [3.05, 3.63) is 53.6 Å². The van der Waals surface area contributed by atoms with Crippen LogP contribution in [0.3, 0.4) is 0 Å². The van der Waals surface area contributed by atoms with Crippen LogP contribution in [0.15, 0.2) is 36.8 Å². The van der Waals surface area contributed by atoms with E-state index >= 15 is 0 Å². The van der Waals surface area contributed by atoms with Crippen LogP contribution in [0.5, 0.6) is 0 Å². The number of H-pyrrole nitrogens is 1. The quantitative estimate of drug-likeness (QED) is 0.258. The second kappa shape index (κ2) is 9.06. The largest absolute Gasteiger partial charge is 0.396 e. The average molecular weight is 538 g/mol. The van der Waals surface area contributed by atoms with E-state index in [9.17, 15) is 5.26 Å². The predicted octanol–water partition coefficient (Wildman–Crippen LogP) is 3.84. The van der Waals surface area contributed by atoms with E-state index in [1.807, 2.05) is 24.1 Å². The number of ether oxygens (including phenoxy) is 1. The molecule has 0 amide bonds. The third kappa shape index (κ3) is 3.65. The number of nitriles is 1. The number of benzene rings is 1. The third-order valence-corrected chi connectivity index (χ3v) is 9.46. The Morgan fingerprint density at radius 3 is 2.75 bits per heavy atom. The zero-order valence-corrected chi connectivity index (χ0v) is 23.1. The van der Waals surface area contributed by atoms with Crippen LogP contribution in [-0.2, 0) is 24.0 Å². The summed E-state index contributed by atoms with van der Waals surface area (Å²) in [6.07, 6.45) is 11.4. The molecule has 0 radical (unpaired) electrons. The maximum atomic E-state index is 9.52. The number of aryl methyl sites for hydroxylation is 1. The van der Waals surface area contributed by atoms with Gasteiger partial charge in [0.05, 0.1) is 47.8 Å². The first kappa shape index (κ1) is 25.1. The molecule has 1 aromatic carbocycles. The van der Waals surface area contributed by atoms with Crippen molar-refractivity contribution in [3.8, 4) is 17.2 Å². The molecular formula is C30H35N9O. The highest BCUT2D eigenvalue weighted by Crippen LogP contribution is 2.52. The van der Waals surface area contributed by atoms with E-state index < -0.39 is 5.60 Å². The molecule has 10 nitrogen and oxygen atoms in total. The normalized spacial score (nSPS) is 20.1. The van der Waals surface area contributed by atoms with Crippen molar-refractivity contribution in [1.82, 2.24) is 29.7 Å². The number of likely N-dealkylation sites (tertiary alicyclic amines) is 1. The fourth-order valence-electron chi connectivity index (χ4n) is 7.29. The number of piperidine rings is 1. The van der Waals surface area contributed by atoms with E-state index in [2.05, 4.69) is 39.3 Å². The molecule has 7 rings (SSSR count). The number of nitrogens with zero attached hydrogens (tertiary/aromatic N) is 6. The first-order chi connectivity index (χ1) is 19.3. The van der Waals surface area contributed by atoms with Gasteiger partial charge in [-0.3, -0.25) is 9.58 Å². The molecule has 206 valence electrons. The molecule has 1 saturated heterocycles. The van der Waals surface area contributed by atoms with Crippen LogP contribution >= 0.6 is 0 Å². The smallest absolute Gasteiger partial charge is 0.138 e. The molecule has 2 aliphatic heterocycles. The Morgan fingerprint density at radius 2 is 2.05 bits per heavy atom. The van der Waals surface area contributed by atoms with Crippen molar-refractivity contribution in [3.63, 3.8) is 0 Å². The predicted molar refractivity (Wildman–Crippen MR) is 154 cm³/mol. The molecule has 0 unspecified atom stereocenters. The van der Waals surface area contributed by atoms with Crippen molar-refractivity contribution in [1.29, 1.82) is 5.26 Å². The maximum Gasteiger partial charge on any atom is 0.138 e. The second-order valence-electron chi connectivity index (χ2n) is 11.7. The standard InChI is InChI=1S/C30H35N9O/c1-37(33)17-22(32)27-24(19-4-5-23-20(14-19)16-35-38(23)2)25-26-21(15-34-28(25)36-27)18-40-30(26)9-12-39(13-10-30)29(8-11-31)6-3-7-29/h4-5,14-17H,3,6-10,12-13,18,32-33H2,1-2H3,(H,34,36)/b22-17-. The zero-order chi connectivity index (χ0) is 27.6. The van der Waals surface area contributed by atoms with Crippen molar-refractivity contribution in [2.45, 2.75) is 56.3 Å². The summed E-state index contributed by atoms with van der Waals surface area (Å²) in [5, 5.41) is 17.5. The van der Waals surface area contributed by atoms with E-state index in [4.69, 9.17) is 21.3 Å². The Balaban J connectivity index is 1.39. The van der Waals surface area contributed by atoms with E-state index in [1.54, 1.807) is 13.2 Å². The van der Waals surface area contributed by atoms with Gasteiger partial charge in [-0.05, 0) is 49.8 Å². The Kier molecular flexibility index (Phi) is 5.68. The molecule has 1 aliphatic carbocycles. The van der Waals surface area contributed by atoms with Gasteiger partial charge < -0.3 is 20.5 Å². The highest BCUT2D eigenvalue weighted by Gasteiger charge is 2.50. The van der Waals surface area contributed by atoms with Crippen molar-refractivity contribution in [2.75, 3.05) is 20.1 Å². The number of hydrogen-bond acceptors (Lipinski definition) is 8. The number of hydrogen-bond donors (Lipinski definition) is 3. The van der Waals surface area contributed by atoms with Gasteiger partial charge in [0, 0.05) is 72.6 Å². The van der Waals surface area contributed by atoms with Crippen LogP contribution in [0.1, 0.15) is 55.3 Å². The Hall–Kier alpha value is -3.91. The SMILES string of the molecule is CN(N)/C=C(\N)c1[nH]c2ncc3c(c2c1-c1ccc2c(cnn2C)c1)C1(CCN(C2(CC#N)CCC2)CC1)OC3. The topological polar surface area (TPSA) is 138 Å². The van der Waals surface area contributed by atoms with Gasteiger partial charge in [0.2, 0.25) is 0 Å². The molecule has 0 atom stereocenters. The molecule has 3 aliphatic rings. The average Bonchev–Trinajstić information content (AvgIpc) is 3.60. The van der Waals surface area contributed by atoms with Gasteiger partial charge in [-0.1, -0.05) is 6.07 Å². The van der Waals surface area contributed by atoms with Gasteiger partial charge in [0.25, 0.3) is 0 Å². The van der Waals surface area contributed by atoms with E-state index in [-0.39, 0.29) is 5.54 Å². The van der Waals surface area contributed by atoms with E-state index in [1.165, 1.54) is 17.0 Å². The molecule has 4 aromatic rings. The summed E-state index contributed by atoms with van der Waals surface area (Å²) in [7, 11) is 3.70. The minimum absolute atomic E-state index is 0.0460. The van der Waals surface area contributed by atoms with Gasteiger partial charge in [-0.25, -0.2) is 10.8 Å². The fraction of sp³-hybridized carbons (Fsp3) is 0.433. The molecule has 3 aromatic heterocycles. The highest BCUT2D eigenvalue weighted by atomic mass is 16.5. The van der Waals surface area contributed by atoms with Crippen LogP contribution in [0, 0.1) is 11.3 Å². The lowest BCUT2D eigenvalue weighted by atomic mass is 9.71. The van der Waals surface area contributed by atoms with E-state index in [0.29, 0.717) is 18.7 Å². The summed E-state index contributed by atoms with van der Waals surface area (Å²) in [6, 6.07) is 8.85. The Labute approximate surface area is 233 Å². The Bertz CT molecular complexity index is 1690. The number of hydrazine groups is 1.